The molecule has 0 spiro atoms. The molecule has 1 aromatic carbocycles. The van der Waals surface area contributed by atoms with Gasteiger partial charge in [-0.1, -0.05) is 13.0 Å². The number of thiophene rings is 1. The second-order valence-corrected chi connectivity index (χ2v) is 9.55. The summed E-state index contributed by atoms with van der Waals surface area (Å²) in [6, 6.07) is 12.2. The van der Waals surface area contributed by atoms with Crippen LogP contribution in [0, 0.1) is 0 Å². The molecule has 1 aliphatic heterocycles. The summed E-state index contributed by atoms with van der Waals surface area (Å²) in [6.07, 6.45) is 4.69. The van der Waals surface area contributed by atoms with Gasteiger partial charge < -0.3 is 4.90 Å². The van der Waals surface area contributed by atoms with E-state index in [0.29, 0.717) is 17.8 Å². The van der Waals surface area contributed by atoms with Crippen molar-refractivity contribution in [2.75, 3.05) is 16.2 Å². The topological polar surface area (TPSA) is 79.4 Å². The Bertz CT molecular complexity index is 1120. The fourth-order valence-electron chi connectivity index (χ4n) is 3.20. The van der Waals surface area contributed by atoms with E-state index in [9.17, 15) is 13.2 Å². The number of benzene rings is 1. The summed E-state index contributed by atoms with van der Waals surface area (Å²) < 4.78 is 28.3. The van der Waals surface area contributed by atoms with E-state index in [1.54, 1.807) is 41.4 Å². The van der Waals surface area contributed by atoms with E-state index in [-0.39, 0.29) is 10.1 Å². The minimum atomic E-state index is -3.65. The van der Waals surface area contributed by atoms with Gasteiger partial charge in [0.1, 0.15) is 4.21 Å². The molecule has 144 valence electrons. The zero-order valence-corrected chi connectivity index (χ0v) is 16.9. The van der Waals surface area contributed by atoms with E-state index in [1.807, 2.05) is 19.1 Å². The fourth-order valence-corrected chi connectivity index (χ4v) is 5.54. The number of pyridine rings is 1. The zero-order chi connectivity index (χ0) is 19.7. The molecule has 6 nitrogen and oxygen atoms in total. The molecule has 0 aliphatic carbocycles. The lowest BCUT2D eigenvalue weighted by atomic mass is 10.1. The Morgan fingerprint density at radius 1 is 1.25 bits per heavy atom. The van der Waals surface area contributed by atoms with Gasteiger partial charge in [-0.25, -0.2) is 8.42 Å². The number of amides is 1. The Kier molecular flexibility index (Phi) is 4.91. The third-order valence-electron chi connectivity index (χ3n) is 4.64. The Labute approximate surface area is 167 Å². The summed E-state index contributed by atoms with van der Waals surface area (Å²) in [4.78, 5) is 19.5. The molecule has 3 heterocycles. The van der Waals surface area contributed by atoms with Gasteiger partial charge in [-0.05, 0) is 54.8 Å². The molecule has 2 aromatic heterocycles. The Morgan fingerprint density at radius 2 is 2.11 bits per heavy atom. The van der Waals surface area contributed by atoms with E-state index >= 15 is 0 Å². The number of carbonyl (C=O) groups excluding carboxylic acids is 1. The lowest BCUT2D eigenvalue weighted by Gasteiger charge is -2.18. The number of carbonyl (C=O) groups is 1. The molecule has 8 heteroatoms. The van der Waals surface area contributed by atoms with Crippen molar-refractivity contribution in [2.45, 2.75) is 24.0 Å². The van der Waals surface area contributed by atoms with Gasteiger partial charge >= 0.3 is 0 Å². The Hall–Kier alpha value is -2.71. The zero-order valence-electron chi connectivity index (χ0n) is 15.3. The van der Waals surface area contributed by atoms with Gasteiger partial charge in [0.2, 0.25) is 0 Å². The number of sulfonamides is 1. The maximum atomic E-state index is 12.8. The van der Waals surface area contributed by atoms with Crippen molar-refractivity contribution in [2.24, 2.45) is 0 Å². The van der Waals surface area contributed by atoms with Crippen molar-refractivity contribution >= 4 is 38.6 Å². The first-order chi connectivity index (χ1) is 13.5. The van der Waals surface area contributed by atoms with Crippen LogP contribution in [-0.2, 0) is 22.9 Å². The van der Waals surface area contributed by atoms with E-state index in [1.165, 1.54) is 17.5 Å². The van der Waals surface area contributed by atoms with Crippen LogP contribution >= 0.6 is 11.3 Å². The number of fused-ring (bicyclic) bond motifs is 1. The maximum absolute atomic E-state index is 12.8. The average Bonchev–Trinajstić information content (AvgIpc) is 3.35. The maximum Gasteiger partial charge on any atom is 0.271 e. The third-order valence-corrected chi connectivity index (χ3v) is 7.74. The highest BCUT2D eigenvalue weighted by atomic mass is 32.2. The van der Waals surface area contributed by atoms with Crippen molar-refractivity contribution in [3.8, 4) is 0 Å². The molecule has 0 radical (unpaired) electrons. The second-order valence-electron chi connectivity index (χ2n) is 6.47. The van der Waals surface area contributed by atoms with Crippen LogP contribution in [0.2, 0.25) is 0 Å². The van der Waals surface area contributed by atoms with Crippen LogP contribution in [-0.4, -0.2) is 25.9 Å². The number of hydrogen-bond acceptors (Lipinski definition) is 5. The average molecular weight is 414 g/mol. The molecule has 0 saturated heterocycles. The van der Waals surface area contributed by atoms with E-state index in [0.717, 1.165) is 29.0 Å². The molecule has 3 aromatic rings. The number of nitrogens with one attached hydrogen (secondary N) is 1. The first kappa shape index (κ1) is 18.6. The van der Waals surface area contributed by atoms with Crippen LogP contribution in [0.5, 0.6) is 0 Å². The lowest BCUT2D eigenvalue weighted by molar-refractivity contribution is 0.0989. The van der Waals surface area contributed by atoms with Crippen molar-refractivity contribution in [1.82, 2.24) is 4.98 Å². The fraction of sp³-hybridized carbons (Fsp3) is 0.200. The van der Waals surface area contributed by atoms with Gasteiger partial charge in [0.15, 0.2) is 0 Å². The summed E-state index contributed by atoms with van der Waals surface area (Å²) >= 11 is 1.27. The Morgan fingerprint density at radius 3 is 2.82 bits per heavy atom. The van der Waals surface area contributed by atoms with Crippen molar-refractivity contribution in [3.05, 3.63) is 70.9 Å². The molecule has 0 unspecified atom stereocenters. The van der Waals surface area contributed by atoms with Gasteiger partial charge in [0.05, 0.1) is 11.3 Å². The van der Waals surface area contributed by atoms with Gasteiger partial charge in [0.25, 0.3) is 15.9 Å². The molecule has 28 heavy (non-hydrogen) atoms. The molecule has 0 saturated carbocycles. The van der Waals surface area contributed by atoms with E-state index in [2.05, 4.69) is 9.71 Å². The Balaban J connectivity index is 1.61. The predicted octanol–water partition coefficient (Wildman–Crippen LogP) is 3.71. The molecule has 0 bridgehead atoms. The van der Waals surface area contributed by atoms with Crippen molar-refractivity contribution in [1.29, 1.82) is 0 Å². The van der Waals surface area contributed by atoms with Gasteiger partial charge in [0, 0.05) is 29.5 Å². The highest BCUT2D eigenvalue weighted by molar-refractivity contribution is 7.94. The van der Waals surface area contributed by atoms with E-state index < -0.39 is 10.0 Å². The monoisotopic (exact) mass is 413 g/mol. The van der Waals surface area contributed by atoms with E-state index in [4.69, 9.17) is 0 Å². The number of aromatic nitrogens is 1. The second kappa shape index (κ2) is 7.37. The minimum Gasteiger partial charge on any atom is -0.308 e. The minimum absolute atomic E-state index is 0.141. The summed E-state index contributed by atoms with van der Waals surface area (Å²) in [6.45, 7) is 2.55. The summed E-state index contributed by atoms with van der Waals surface area (Å²) in [7, 11) is -3.65. The number of nitrogens with zero attached hydrogens (tertiary/aromatic N) is 2. The smallest absolute Gasteiger partial charge is 0.271 e. The van der Waals surface area contributed by atoms with Crippen LogP contribution in [0.25, 0.3) is 0 Å². The first-order valence-electron chi connectivity index (χ1n) is 8.94. The molecular weight excluding hydrogens is 394 g/mol. The standard InChI is InChI=1S/C20H19N3O3S2/c1-2-17-7-8-19(27-17)28(25,26)22-16-6-5-14-9-11-23(18(14)12-16)20(24)15-4-3-10-21-13-15/h3-8,10,12-13,22H,2,9,11H2,1H3. The van der Waals surface area contributed by atoms with Crippen LogP contribution in [0.3, 0.4) is 0 Å². The van der Waals surface area contributed by atoms with Crippen LogP contribution < -0.4 is 9.62 Å². The quantitative estimate of drug-likeness (QED) is 0.692. The van der Waals surface area contributed by atoms with Crippen LogP contribution in [0.1, 0.15) is 27.7 Å². The highest BCUT2D eigenvalue weighted by Gasteiger charge is 2.27. The molecular formula is C20H19N3O3S2. The number of anilines is 2. The van der Waals surface area contributed by atoms with Crippen molar-refractivity contribution in [3.63, 3.8) is 0 Å². The normalized spacial score (nSPS) is 13.4. The number of hydrogen-bond donors (Lipinski definition) is 1. The predicted molar refractivity (Wildman–Crippen MR) is 111 cm³/mol. The van der Waals surface area contributed by atoms with Crippen molar-refractivity contribution < 1.29 is 13.2 Å². The molecule has 4 rings (SSSR count). The number of aryl methyl sites for hydroxylation is 1. The molecule has 0 atom stereocenters. The molecule has 1 aliphatic rings. The third kappa shape index (κ3) is 3.53. The molecule has 0 fully saturated rings. The summed E-state index contributed by atoms with van der Waals surface area (Å²) in [5.41, 5.74) is 2.70. The summed E-state index contributed by atoms with van der Waals surface area (Å²) in [5, 5.41) is 0. The number of rotatable bonds is 5. The first-order valence-corrected chi connectivity index (χ1v) is 11.2. The SMILES string of the molecule is CCc1ccc(S(=O)(=O)Nc2ccc3c(c2)N(C(=O)c2cccnc2)CC3)s1. The highest BCUT2D eigenvalue weighted by Crippen LogP contribution is 2.33. The van der Waals surface area contributed by atoms with Crippen LogP contribution in [0.15, 0.2) is 59.1 Å². The van der Waals surface area contributed by atoms with Crippen LogP contribution in [0.4, 0.5) is 11.4 Å². The summed E-state index contributed by atoms with van der Waals surface area (Å²) in [5.74, 6) is -0.141. The van der Waals surface area contributed by atoms with Gasteiger partial charge in [-0.15, -0.1) is 11.3 Å². The largest absolute Gasteiger partial charge is 0.308 e. The van der Waals surface area contributed by atoms with Gasteiger partial charge in [-0.2, -0.15) is 0 Å². The molecule has 1 amide bonds. The molecule has 1 N–H and O–H groups in total. The lowest BCUT2D eigenvalue weighted by Crippen LogP contribution is -2.29. The van der Waals surface area contributed by atoms with Gasteiger partial charge in [-0.3, -0.25) is 14.5 Å².